The number of nitrogens with zero attached hydrogens (tertiary/aromatic N) is 6. The van der Waals surface area contributed by atoms with E-state index in [0.29, 0.717) is 25.3 Å². The van der Waals surface area contributed by atoms with Gasteiger partial charge in [0.2, 0.25) is 11.1 Å². The first-order chi connectivity index (χ1) is 10.1. The number of amides is 1. The number of carbonyl (C=O) groups excluding carboxylic acids is 1. The van der Waals surface area contributed by atoms with Gasteiger partial charge in [-0.1, -0.05) is 11.8 Å². The Bertz CT molecular complexity index is 595. The van der Waals surface area contributed by atoms with E-state index in [1.165, 1.54) is 23.1 Å². The number of thioether (sulfide) groups is 1. The number of carbonyl (C=O) groups is 1. The van der Waals surface area contributed by atoms with Gasteiger partial charge >= 0.3 is 0 Å². The third-order valence-corrected chi connectivity index (χ3v) is 4.48. The molecule has 0 bridgehead atoms. The van der Waals surface area contributed by atoms with Gasteiger partial charge in [-0.2, -0.15) is 0 Å². The number of hydrogen-bond donors (Lipinski definition) is 1. The molecular formula is C11H17N7OS2. The maximum atomic E-state index is 11.6. The third kappa shape index (κ3) is 4.48. The average Bonchev–Trinajstić information content (AvgIpc) is 3.06. The average molecular weight is 327 g/mol. The minimum Gasteiger partial charge on any atom is -0.348 e. The summed E-state index contributed by atoms with van der Waals surface area (Å²) in [4.78, 5) is 17.6. The van der Waals surface area contributed by atoms with E-state index in [-0.39, 0.29) is 5.91 Å². The summed E-state index contributed by atoms with van der Waals surface area (Å²) in [5.41, 5.74) is 6.42. The molecule has 8 nitrogen and oxygen atoms in total. The van der Waals surface area contributed by atoms with Crippen molar-refractivity contribution < 1.29 is 4.79 Å². The topological polar surface area (TPSA) is 103 Å². The Balaban J connectivity index is 1.90. The van der Waals surface area contributed by atoms with Crippen molar-refractivity contribution in [3.63, 3.8) is 0 Å². The number of rotatable bonds is 7. The Morgan fingerprint density at radius 1 is 1.52 bits per heavy atom. The Morgan fingerprint density at radius 2 is 2.33 bits per heavy atom. The summed E-state index contributed by atoms with van der Waals surface area (Å²) in [7, 11) is 3.48. The number of thiazole rings is 1. The Kier molecular flexibility index (Phi) is 5.65. The molecule has 21 heavy (non-hydrogen) atoms. The van der Waals surface area contributed by atoms with Crippen molar-refractivity contribution in [1.82, 2.24) is 30.1 Å². The van der Waals surface area contributed by atoms with Crippen LogP contribution in [0.4, 0.5) is 0 Å². The van der Waals surface area contributed by atoms with Crippen LogP contribution < -0.4 is 5.73 Å². The third-order valence-electron chi connectivity index (χ3n) is 2.59. The minimum atomic E-state index is 0.0513. The first kappa shape index (κ1) is 15.9. The lowest BCUT2D eigenvalue weighted by atomic mass is 10.4. The lowest BCUT2D eigenvalue weighted by molar-refractivity contribution is -0.127. The van der Waals surface area contributed by atoms with Crippen LogP contribution in [0.1, 0.15) is 10.7 Å². The van der Waals surface area contributed by atoms with E-state index in [1.807, 2.05) is 5.38 Å². The first-order valence-corrected chi connectivity index (χ1v) is 8.19. The lowest BCUT2D eigenvalue weighted by Gasteiger charge is -2.07. The molecule has 0 spiro atoms. The number of nitrogens with two attached hydrogens (primary N) is 1. The van der Waals surface area contributed by atoms with Crippen LogP contribution >= 0.6 is 23.1 Å². The molecule has 114 valence electrons. The maximum absolute atomic E-state index is 11.6. The van der Waals surface area contributed by atoms with Crippen molar-refractivity contribution in [2.45, 2.75) is 23.9 Å². The van der Waals surface area contributed by atoms with Crippen molar-refractivity contribution in [2.24, 2.45) is 5.73 Å². The van der Waals surface area contributed by atoms with E-state index < -0.39 is 0 Å². The molecule has 0 aliphatic carbocycles. The standard InChI is InChI=1S/C11H17N7OS2/c1-17(2)10(19)5-9-13-8(6-20-9)7-21-11-14-15-16-18(11)4-3-12/h6H,3-5,7,12H2,1-2H3. The van der Waals surface area contributed by atoms with Crippen LogP contribution in [0.15, 0.2) is 10.5 Å². The molecule has 0 atom stereocenters. The van der Waals surface area contributed by atoms with Gasteiger partial charge in [-0.15, -0.1) is 16.4 Å². The van der Waals surface area contributed by atoms with Gasteiger partial charge in [0.25, 0.3) is 0 Å². The van der Waals surface area contributed by atoms with Crippen molar-refractivity contribution >= 4 is 29.0 Å². The van der Waals surface area contributed by atoms with Crippen LogP contribution in [-0.4, -0.2) is 56.6 Å². The van der Waals surface area contributed by atoms with Crippen molar-refractivity contribution in [2.75, 3.05) is 20.6 Å². The second-order valence-corrected chi connectivity index (χ2v) is 6.34. The summed E-state index contributed by atoms with van der Waals surface area (Å²) >= 11 is 3.00. The first-order valence-electron chi connectivity index (χ1n) is 6.32. The van der Waals surface area contributed by atoms with E-state index in [2.05, 4.69) is 20.5 Å². The molecule has 0 aromatic carbocycles. The van der Waals surface area contributed by atoms with Gasteiger partial charge in [0.1, 0.15) is 5.01 Å². The van der Waals surface area contributed by atoms with Crippen LogP contribution in [0, 0.1) is 0 Å². The molecule has 2 aromatic rings. The van der Waals surface area contributed by atoms with Crippen LogP contribution in [0.5, 0.6) is 0 Å². The summed E-state index contributed by atoms with van der Waals surface area (Å²) in [6.45, 7) is 1.08. The summed E-state index contributed by atoms with van der Waals surface area (Å²) in [6.07, 6.45) is 0.341. The van der Waals surface area contributed by atoms with E-state index in [4.69, 9.17) is 5.73 Å². The summed E-state index contributed by atoms with van der Waals surface area (Å²) in [5.74, 6) is 0.716. The van der Waals surface area contributed by atoms with Gasteiger partial charge in [-0.3, -0.25) is 4.79 Å². The van der Waals surface area contributed by atoms with Gasteiger partial charge < -0.3 is 10.6 Å². The van der Waals surface area contributed by atoms with Gasteiger partial charge in [0.15, 0.2) is 0 Å². The van der Waals surface area contributed by atoms with Crippen LogP contribution in [0.3, 0.4) is 0 Å². The second kappa shape index (κ2) is 7.48. The highest BCUT2D eigenvalue weighted by Crippen LogP contribution is 2.21. The normalized spacial score (nSPS) is 10.8. The van der Waals surface area contributed by atoms with E-state index in [0.717, 1.165) is 15.9 Å². The fourth-order valence-corrected chi connectivity index (χ4v) is 3.17. The summed E-state index contributed by atoms with van der Waals surface area (Å²) < 4.78 is 1.67. The van der Waals surface area contributed by atoms with Crippen LogP contribution in [-0.2, 0) is 23.5 Å². The molecule has 0 unspecified atom stereocenters. The molecule has 0 saturated carbocycles. The predicted octanol–water partition coefficient (Wildman–Crippen LogP) is 0.0113. The highest BCUT2D eigenvalue weighted by molar-refractivity contribution is 7.98. The zero-order valence-electron chi connectivity index (χ0n) is 11.9. The highest BCUT2D eigenvalue weighted by Gasteiger charge is 2.11. The largest absolute Gasteiger partial charge is 0.348 e. The SMILES string of the molecule is CN(C)C(=O)Cc1nc(CSc2nnnn2CCN)cs1. The molecule has 2 N–H and O–H groups in total. The van der Waals surface area contributed by atoms with Gasteiger partial charge in [0.05, 0.1) is 18.7 Å². The van der Waals surface area contributed by atoms with Gasteiger partial charge in [-0.05, 0) is 10.4 Å². The monoisotopic (exact) mass is 327 g/mol. The molecule has 2 heterocycles. The fourth-order valence-electron chi connectivity index (χ4n) is 1.48. The van der Waals surface area contributed by atoms with Gasteiger partial charge in [0, 0.05) is 31.8 Å². The highest BCUT2D eigenvalue weighted by atomic mass is 32.2. The van der Waals surface area contributed by atoms with Crippen molar-refractivity contribution in [1.29, 1.82) is 0 Å². The molecule has 0 saturated heterocycles. The van der Waals surface area contributed by atoms with E-state index in [9.17, 15) is 4.79 Å². The molecule has 0 aliphatic heterocycles. The van der Waals surface area contributed by atoms with Crippen LogP contribution in [0.2, 0.25) is 0 Å². The number of tetrazole rings is 1. The van der Waals surface area contributed by atoms with E-state index in [1.54, 1.807) is 23.7 Å². The fraction of sp³-hybridized carbons (Fsp3) is 0.545. The molecular weight excluding hydrogens is 310 g/mol. The van der Waals surface area contributed by atoms with Gasteiger partial charge in [-0.25, -0.2) is 9.67 Å². The molecule has 10 heteroatoms. The zero-order chi connectivity index (χ0) is 15.2. The quantitative estimate of drug-likeness (QED) is 0.715. The van der Waals surface area contributed by atoms with E-state index >= 15 is 0 Å². The molecule has 0 radical (unpaired) electrons. The molecule has 2 rings (SSSR count). The maximum Gasteiger partial charge on any atom is 0.228 e. The summed E-state index contributed by atoms with van der Waals surface area (Å²) in [5, 5.41) is 15.0. The number of aromatic nitrogens is 5. The number of likely N-dealkylation sites (N-methyl/N-ethyl adjacent to an activating group) is 1. The van der Waals surface area contributed by atoms with Crippen molar-refractivity contribution in [3.05, 3.63) is 16.1 Å². The predicted molar refractivity (Wildman–Crippen MR) is 80.9 cm³/mol. The Labute approximate surface area is 130 Å². The Morgan fingerprint density at radius 3 is 3.05 bits per heavy atom. The van der Waals surface area contributed by atoms with Crippen molar-refractivity contribution in [3.8, 4) is 0 Å². The molecule has 0 fully saturated rings. The van der Waals surface area contributed by atoms with Crippen LogP contribution in [0.25, 0.3) is 0 Å². The zero-order valence-corrected chi connectivity index (χ0v) is 13.5. The molecule has 2 aromatic heterocycles. The molecule has 1 amide bonds. The summed E-state index contributed by atoms with van der Waals surface area (Å²) in [6, 6.07) is 0. The lowest BCUT2D eigenvalue weighted by Crippen LogP contribution is -2.23. The molecule has 0 aliphatic rings. The smallest absolute Gasteiger partial charge is 0.228 e. The minimum absolute atomic E-state index is 0.0513. The Hall–Kier alpha value is -1.52. The second-order valence-electron chi connectivity index (χ2n) is 4.46. The number of hydrogen-bond acceptors (Lipinski definition) is 8.